The van der Waals surface area contributed by atoms with Gasteiger partial charge in [0.15, 0.2) is 11.3 Å². The van der Waals surface area contributed by atoms with E-state index in [-0.39, 0.29) is 17.9 Å². The molecule has 0 unspecified atom stereocenters. The van der Waals surface area contributed by atoms with Crippen molar-refractivity contribution in [1.29, 1.82) is 5.26 Å². The molecule has 0 aliphatic heterocycles. The van der Waals surface area contributed by atoms with E-state index in [1.165, 1.54) is 13.3 Å². The minimum atomic E-state index is -0.510. The molecule has 0 saturated heterocycles. The number of fused-ring (bicyclic) bond motifs is 1. The van der Waals surface area contributed by atoms with Crippen LogP contribution in [-0.2, 0) is 4.74 Å². The molecule has 0 spiro atoms. The molecule has 92 valence electrons. The maximum atomic E-state index is 11.6. The van der Waals surface area contributed by atoms with Crippen LogP contribution in [0.4, 0.5) is 0 Å². The Bertz CT molecular complexity index is 640. The number of aromatic nitrogens is 2. The summed E-state index contributed by atoms with van der Waals surface area (Å²) in [6, 6.07) is 3.65. The van der Waals surface area contributed by atoms with E-state index < -0.39 is 5.97 Å². The van der Waals surface area contributed by atoms with E-state index in [0.717, 1.165) is 0 Å². The third-order valence-electron chi connectivity index (χ3n) is 2.41. The molecule has 18 heavy (non-hydrogen) atoms. The first-order chi connectivity index (χ1) is 8.71. The summed E-state index contributed by atoms with van der Waals surface area (Å²) in [7, 11) is 1.47. The molecule has 0 aromatic carbocycles. The predicted octanol–water partition coefficient (Wildman–Crippen LogP) is 1.39. The Morgan fingerprint density at radius 1 is 1.61 bits per heavy atom. The van der Waals surface area contributed by atoms with Gasteiger partial charge in [0.1, 0.15) is 17.4 Å². The summed E-state index contributed by atoms with van der Waals surface area (Å²) in [5, 5.41) is 9.10. The van der Waals surface area contributed by atoms with Crippen LogP contribution < -0.4 is 4.74 Å². The van der Waals surface area contributed by atoms with E-state index in [1.807, 2.05) is 6.07 Å². The molecular weight excluding hydrogens is 234 g/mol. The number of hydrogen-bond donors (Lipinski definition) is 0. The van der Waals surface area contributed by atoms with Crippen molar-refractivity contribution in [2.45, 2.75) is 6.92 Å². The maximum absolute atomic E-state index is 11.6. The van der Waals surface area contributed by atoms with Gasteiger partial charge in [-0.05, 0) is 13.0 Å². The molecule has 0 fully saturated rings. The highest BCUT2D eigenvalue weighted by Crippen LogP contribution is 2.21. The molecule has 2 heterocycles. The first-order valence-corrected chi connectivity index (χ1v) is 5.34. The van der Waals surface area contributed by atoms with Gasteiger partial charge < -0.3 is 13.9 Å². The van der Waals surface area contributed by atoms with E-state index >= 15 is 0 Å². The molecule has 0 atom stereocenters. The van der Waals surface area contributed by atoms with Crippen LogP contribution in [0.25, 0.3) is 5.65 Å². The van der Waals surface area contributed by atoms with Crippen LogP contribution in [0.2, 0.25) is 0 Å². The third kappa shape index (κ3) is 1.86. The Kier molecular flexibility index (Phi) is 3.15. The predicted molar refractivity (Wildman–Crippen MR) is 62.4 cm³/mol. The van der Waals surface area contributed by atoms with Crippen molar-refractivity contribution in [3.63, 3.8) is 0 Å². The van der Waals surface area contributed by atoms with Crippen LogP contribution in [0, 0.1) is 11.3 Å². The lowest BCUT2D eigenvalue weighted by Gasteiger charge is -2.02. The monoisotopic (exact) mass is 245 g/mol. The number of ether oxygens (including phenoxy) is 2. The lowest BCUT2D eigenvalue weighted by atomic mass is 10.2. The van der Waals surface area contributed by atoms with Gasteiger partial charge >= 0.3 is 5.97 Å². The van der Waals surface area contributed by atoms with Crippen molar-refractivity contribution in [3.05, 3.63) is 29.7 Å². The van der Waals surface area contributed by atoms with Crippen molar-refractivity contribution in [2.75, 3.05) is 13.7 Å². The number of methoxy groups -OCH3 is 1. The number of nitrogens with zero attached hydrogens (tertiary/aromatic N) is 3. The molecule has 0 bridgehead atoms. The van der Waals surface area contributed by atoms with Gasteiger partial charge in [-0.15, -0.1) is 0 Å². The second-order valence-electron chi connectivity index (χ2n) is 3.45. The highest BCUT2D eigenvalue weighted by molar-refractivity contribution is 5.88. The van der Waals surface area contributed by atoms with E-state index in [1.54, 1.807) is 23.6 Å². The number of carbonyl (C=O) groups is 1. The van der Waals surface area contributed by atoms with Gasteiger partial charge in [-0.25, -0.2) is 9.78 Å². The minimum absolute atomic E-state index is 0.168. The van der Waals surface area contributed by atoms with Gasteiger partial charge in [0.05, 0.1) is 13.7 Å². The van der Waals surface area contributed by atoms with Crippen molar-refractivity contribution in [2.24, 2.45) is 0 Å². The Morgan fingerprint density at radius 3 is 3.00 bits per heavy atom. The van der Waals surface area contributed by atoms with Crippen molar-refractivity contribution >= 4 is 11.6 Å². The molecule has 2 rings (SSSR count). The fraction of sp³-hybridized carbons (Fsp3) is 0.250. The topological polar surface area (TPSA) is 76.6 Å². The highest BCUT2D eigenvalue weighted by atomic mass is 16.5. The highest BCUT2D eigenvalue weighted by Gasteiger charge is 2.16. The molecule has 0 radical (unpaired) electrons. The summed E-state index contributed by atoms with van der Waals surface area (Å²) in [6.45, 7) is 2.00. The number of esters is 1. The molecular formula is C12H11N3O3. The second-order valence-corrected chi connectivity index (χ2v) is 3.45. The zero-order valence-corrected chi connectivity index (χ0v) is 10.0. The minimum Gasteiger partial charge on any atom is -0.495 e. The molecule has 2 aromatic rings. The molecule has 0 aliphatic rings. The summed E-state index contributed by atoms with van der Waals surface area (Å²) in [5.74, 6) is -0.0879. The maximum Gasteiger partial charge on any atom is 0.358 e. The number of nitriles is 1. The van der Waals surface area contributed by atoms with E-state index in [4.69, 9.17) is 14.7 Å². The zero-order chi connectivity index (χ0) is 13.1. The Hall–Kier alpha value is -2.55. The number of pyridine rings is 1. The van der Waals surface area contributed by atoms with E-state index in [0.29, 0.717) is 11.4 Å². The Labute approximate surface area is 103 Å². The SMILES string of the molecule is CCOC(=O)c1cn2ccc(OC)c(C#N)c2n1. The van der Waals surface area contributed by atoms with Crippen molar-refractivity contribution < 1.29 is 14.3 Å². The number of rotatable bonds is 3. The van der Waals surface area contributed by atoms with E-state index in [9.17, 15) is 4.79 Å². The summed E-state index contributed by atoms with van der Waals surface area (Å²) < 4.78 is 11.5. The fourth-order valence-electron chi connectivity index (χ4n) is 1.61. The number of imidazole rings is 1. The summed E-state index contributed by atoms with van der Waals surface area (Å²) in [4.78, 5) is 15.7. The third-order valence-corrected chi connectivity index (χ3v) is 2.41. The molecule has 6 nitrogen and oxygen atoms in total. The van der Waals surface area contributed by atoms with Crippen molar-refractivity contribution in [3.8, 4) is 11.8 Å². The zero-order valence-electron chi connectivity index (χ0n) is 10.0. The lowest BCUT2D eigenvalue weighted by Crippen LogP contribution is -2.04. The molecule has 0 N–H and O–H groups in total. The van der Waals surface area contributed by atoms with Gasteiger partial charge in [-0.2, -0.15) is 5.26 Å². The van der Waals surface area contributed by atoms with Gasteiger partial charge in [-0.3, -0.25) is 0 Å². The molecule has 2 aromatic heterocycles. The normalized spacial score (nSPS) is 10.1. The van der Waals surface area contributed by atoms with Crippen LogP contribution in [-0.4, -0.2) is 29.1 Å². The van der Waals surface area contributed by atoms with Crippen LogP contribution >= 0.6 is 0 Å². The van der Waals surface area contributed by atoms with Crippen LogP contribution in [0.1, 0.15) is 23.0 Å². The average molecular weight is 245 g/mol. The Morgan fingerprint density at radius 2 is 2.39 bits per heavy atom. The van der Waals surface area contributed by atoms with Gasteiger partial charge in [0.25, 0.3) is 0 Å². The second kappa shape index (κ2) is 4.75. The number of hydrogen-bond acceptors (Lipinski definition) is 5. The smallest absolute Gasteiger partial charge is 0.358 e. The fourth-order valence-corrected chi connectivity index (χ4v) is 1.61. The van der Waals surface area contributed by atoms with Gasteiger partial charge in [0.2, 0.25) is 0 Å². The molecule has 6 heteroatoms. The van der Waals surface area contributed by atoms with E-state index in [2.05, 4.69) is 4.98 Å². The van der Waals surface area contributed by atoms with Crippen LogP contribution in [0.3, 0.4) is 0 Å². The largest absolute Gasteiger partial charge is 0.495 e. The van der Waals surface area contributed by atoms with Gasteiger partial charge in [0, 0.05) is 12.4 Å². The van der Waals surface area contributed by atoms with Crippen LogP contribution in [0.15, 0.2) is 18.5 Å². The number of carbonyl (C=O) groups excluding carboxylic acids is 1. The molecule has 0 aliphatic carbocycles. The molecule has 0 amide bonds. The Balaban J connectivity index is 2.58. The summed E-state index contributed by atoms with van der Waals surface area (Å²) in [5.41, 5.74) is 0.831. The van der Waals surface area contributed by atoms with Crippen LogP contribution in [0.5, 0.6) is 5.75 Å². The first-order valence-electron chi connectivity index (χ1n) is 5.34. The summed E-state index contributed by atoms with van der Waals surface area (Å²) in [6.07, 6.45) is 3.19. The van der Waals surface area contributed by atoms with Crippen molar-refractivity contribution in [1.82, 2.24) is 9.38 Å². The quantitative estimate of drug-likeness (QED) is 0.764. The molecule has 0 saturated carbocycles. The summed E-state index contributed by atoms with van der Waals surface area (Å²) >= 11 is 0. The average Bonchev–Trinajstić information content (AvgIpc) is 2.81. The first kappa shape index (κ1) is 11.9. The van der Waals surface area contributed by atoms with Gasteiger partial charge in [-0.1, -0.05) is 0 Å². The lowest BCUT2D eigenvalue weighted by molar-refractivity contribution is 0.0520. The standard InChI is InChI=1S/C12H11N3O3/c1-3-18-12(16)9-7-15-5-4-10(17-2)8(6-13)11(15)14-9/h4-5,7H,3H2,1-2H3.